The van der Waals surface area contributed by atoms with Crippen LogP contribution in [-0.2, 0) is 13.1 Å². The standard InChI is InChI=1S/C17H17F2N3O4/c18-16(19)26-14-4-2-12(20-9-14)8-21-17(24)22-5-6-25-15-7-13(23)3-1-11(15)10-22/h1-4,7,9,16,23H,5-6,8,10H2,(H,21,24). The van der Waals surface area contributed by atoms with Crippen molar-refractivity contribution in [2.24, 2.45) is 0 Å². The number of pyridine rings is 1. The van der Waals surface area contributed by atoms with E-state index >= 15 is 0 Å². The van der Waals surface area contributed by atoms with Crippen LogP contribution in [0, 0.1) is 0 Å². The Hall–Kier alpha value is -3.10. The molecule has 1 aliphatic rings. The van der Waals surface area contributed by atoms with Crippen molar-refractivity contribution >= 4 is 6.03 Å². The van der Waals surface area contributed by atoms with Gasteiger partial charge in [-0.15, -0.1) is 0 Å². The lowest BCUT2D eigenvalue weighted by atomic mass is 10.2. The predicted octanol–water partition coefficient (Wildman–Crippen LogP) is 2.49. The van der Waals surface area contributed by atoms with Gasteiger partial charge in [-0.2, -0.15) is 8.78 Å². The van der Waals surface area contributed by atoms with Gasteiger partial charge in [0.2, 0.25) is 0 Å². The van der Waals surface area contributed by atoms with Gasteiger partial charge in [0, 0.05) is 11.6 Å². The highest BCUT2D eigenvalue weighted by Crippen LogP contribution is 2.27. The SMILES string of the molecule is O=C(NCc1ccc(OC(F)F)cn1)N1CCOc2cc(O)ccc2C1. The summed E-state index contributed by atoms with van der Waals surface area (Å²) in [5.74, 6) is 0.614. The molecular weight excluding hydrogens is 348 g/mol. The minimum absolute atomic E-state index is 0.0420. The number of hydrogen-bond acceptors (Lipinski definition) is 5. The number of phenols is 1. The lowest BCUT2D eigenvalue weighted by Crippen LogP contribution is -2.40. The second-order valence-corrected chi connectivity index (χ2v) is 5.58. The van der Waals surface area contributed by atoms with Crippen molar-refractivity contribution in [3.63, 3.8) is 0 Å². The summed E-state index contributed by atoms with van der Waals surface area (Å²) >= 11 is 0. The molecule has 1 aromatic heterocycles. The van der Waals surface area contributed by atoms with Gasteiger partial charge in [-0.05, 0) is 24.3 Å². The van der Waals surface area contributed by atoms with Crippen LogP contribution >= 0.6 is 0 Å². The topological polar surface area (TPSA) is 83.9 Å². The van der Waals surface area contributed by atoms with Gasteiger partial charge in [0.15, 0.2) is 0 Å². The third-order valence-electron chi connectivity index (χ3n) is 3.76. The molecular formula is C17H17F2N3O4. The summed E-state index contributed by atoms with van der Waals surface area (Å²) in [6, 6.07) is 7.33. The molecule has 2 aromatic rings. The number of phenolic OH excluding ortho intramolecular Hbond substituents is 1. The molecule has 0 fully saturated rings. The Morgan fingerprint density at radius 1 is 1.38 bits per heavy atom. The fraction of sp³-hybridized carbons (Fsp3) is 0.294. The van der Waals surface area contributed by atoms with Gasteiger partial charge in [0.05, 0.1) is 31.5 Å². The molecule has 0 saturated heterocycles. The molecule has 0 saturated carbocycles. The first-order valence-corrected chi connectivity index (χ1v) is 7.88. The van der Waals surface area contributed by atoms with Crippen molar-refractivity contribution < 1.29 is 28.2 Å². The first-order chi connectivity index (χ1) is 12.5. The first kappa shape index (κ1) is 17.7. The van der Waals surface area contributed by atoms with E-state index in [1.54, 1.807) is 11.0 Å². The van der Waals surface area contributed by atoms with Gasteiger partial charge in [-0.25, -0.2) is 4.79 Å². The van der Waals surface area contributed by atoms with E-state index in [1.807, 2.05) is 0 Å². The van der Waals surface area contributed by atoms with E-state index in [1.165, 1.54) is 30.5 Å². The lowest BCUT2D eigenvalue weighted by Gasteiger charge is -2.20. The Balaban J connectivity index is 1.57. The van der Waals surface area contributed by atoms with Gasteiger partial charge in [-0.1, -0.05) is 0 Å². The Morgan fingerprint density at radius 2 is 2.23 bits per heavy atom. The van der Waals surface area contributed by atoms with Crippen molar-refractivity contribution in [3.8, 4) is 17.2 Å². The molecule has 0 bridgehead atoms. The van der Waals surface area contributed by atoms with Gasteiger partial charge in [-0.3, -0.25) is 4.98 Å². The number of benzene rings is 1. The van der Waals surface area contributed by atoms with Crippen molar-refractivity contribution in [3.05, 3.63) is 47.8 Å². The zero-order valence-corrected chi connectivity index (χ0v) is 13.7. The van der Waals surface area contributed by atoms with Gasteiger partial charge >= 0.3 is 12.6 Å². The molecule has 2 heterocycles. The van der Waals surface area contributed by atoms with Crippen LogP contribution < -0.4 is 14.8 Å². The molecule has 138 valence electrons. The second-order valence-electron chi connectivity index (χ2n) is 5.58. The summed E-state index contributed by atoms with van der Waals surface area (Å²) in [7, 11) is 0. The van der Waals surface area contributed by atoms with Crippen LogP contribution in [0.3, 0.4) is 0 Å². The maximum atomic E-state index is 12.4. The van der Waals surface area contributed by atoms with E-state index in [9.17, 15) is 18.7 Å². The summed E-state index contributed by atoms with van der Waals surface area (Å²) in [4.78, 5) is 17.9. The second kappa shape index (κ2) is 7.85. The van der Waals surface area contributed by atoms with Crippen LogP contribution in [0.2, 0.25) is 0 Å². The number of fused-ring (bicyclic) bond motifs is 1. The number of carbonyl (C=O) groups excluding carboxylic acids is 1. The Labute approximate surface area is 148 Å². The number of halogens is 2. The third kappa shape index (κ3) is 4.50. The molecule has 0 unspecified atom stereocenters. The maximum Gasteiger partial charge on any atom is 0.387 e. The smallest absolute Gasteiger partial charge is 0.387 e. The fourth-order valence-corrected chi connectivity index (χ4v) is 2.50. The monoisotopic (exact) mass is 365 g/mol. The molecule has 26 heavy (non-hydrogen) atoms. The number of nitrogens with zero attached hydrogens (tertiary/aromatic N) is 2. The number of ether oxygens (including phenoxy) is 2. The number of nitrogens with one attached hydrogen (secondary N) is 1. The molecule has 1 aromatic carbocycles. The highest BCUT2D eigenvalue weighted by atomic mass is 19.3. The number of aromatic hydroxyl groups is 1. The number of aromatic nitrogens is 1. The van der Waals surface area contributed by atoms with Crippen LogP contribution in [0.25, 0.3) is 0 Å². The predicted molar refractivity (Wildman–Crippen MR) is 87.1 cm³/mol. The molecule has 2 amide bonds. The number of carbonyl (C=O) groups is 1. The number of hydrogen-bond donors (Lipinski definition) is 2. The molecule has 9 heteroatoms. The first-order valence-electron chi connectivity index (χ1n) is 7.88. The largest absolute Gasteiger partial charge is 0.508 e. The van der Waals surface area contributed by atoms with E-state index in [-0.39, 0.29) is 24.1 Å². The summed E-state index contributed by atoms with van der Waals surface area (Å²) in [6.07, 6.45) is 1.18. The minimum Gasteiger partial charge on any atom is -0.508 e. The molecule has 0 radical (unpaired) electrons. The van der Waals surface area contributed by atoms with Gasteiger partial charge < -0.3 is 24.8 Å². The number of rotatable bonds is 4. The molecule has 3 rings (SSSR count). The highest BCUT2D eigenvalue weighted by Gasteiger charge is 2.20. The Bertz CT molecular complexity index is 771. The number of alkyl halides is 2. The maximum absolute atomic E-state index is 12.4. The van der Waals surface area contributed by atoms with E-state index in [4.69, 9.17) is 4.74 Å². The van der Waals surface area contributed by atoms with Crippen molar-refractivity contribution in [1.29, 1.82) is 0 Å². The molecule has 0 atom stereocenters. The molecule has 1 aliphatic heterocycles. The van der Waals surface area contributed by atoms with E-state index in [2.05, 4.69) is 15.0 Å². The lowest BCUT2D eigenvalue weighted by molar-refractivity contribution is -0.0500. The normalized spacial score (nSPS) is 13.6. The minimum atomic E-state index is -2.91. The van der Waals surface area contributed by atoms with Crippen molar-refractivity contribution in [2.45, 2.75) is 19.7 Å². The van der Waals surface area contributed by atoms with Crippen LogP contribution in [-0.4, -0.2) is 40.8 Å². The molecule has 0 spiro atoms. The molecule has 0 aliphatic carbocycles. The Morgan fingerprint density at radius 3 is 2.96 bits per heavy atom. The average molecular weight is 365 g/mol. The molecule has 2 N–H and O–H groups in total. The third-order valence-corrected chi connectivity index (χ3v) is 3.76. The Kier molecular flexibility index (Phi) is 5.35. The van der Waals surface area contributed by atoms with Crippen LogP contribution in [0.4, 0.5) is 13.6 Å². The van der Waals surface area contributed by atoms with E-state index in [0.717, 1.165) is 5.56 Å². The fourth-order valence-electron chi connectivity index (χ4n) is 2.50. The van der Waals surface area contributed by atoms with Gasteiger partial charge in [0.25, 0.3) is 0 Å². The summed E-state index contributed by atoms with van der Waals surface area (Å²) in [5.41, 5.74) is 1.30. The van der Waals surface area contributed by atoms with Crippen LogP contribution in [0.15, 0.2) is 36.5 Å². The quantitative estimate of drug-likeness (QED) is 0.870. The van der Waals surface area contributed by atoms with Crippen LogP contribution in [0.5, 0.6) is 17.2 Å². The summed E-state index contributed by atoms with van der Waals surface area (Å²) < 4.78 is 34.0. The zero-order chi connectivity index (χ0) is 18.5. The summed E-state index contributed by atoms with van der Waals surface area (Å²) in [5, 5.41) is 12.2. The van der Waals surface area contributed by atoms with Crippen LogP contribution in [0.1, 0.15) is 11.3 Å². The highest BCUT2D eigenvalue weighted by molar-refractivity contribution is 5.74. The molecule has 7 nitrogen and oxygen atoms in total. The number of amides is 2. The van der Waals surface area contributed by atoms with Crippen molar-refractivity contribution in [2.75, 3.05) is 13.2 Å². The van der Waals surface area contributed by atoms with E-state index < -0.39 is 6.61 Å². The van der Waals surface area contributed by atoms with E-state index in [0.29, 0.717) is 31.1 Å². The van der Waals surface area contributed by atoms with Gasteiger partial charge in [0.1, 0.15) is 23.9 Å². The average Bonchev–Trinajstić information content (AvgIpc) is 2.82. The van der Waals surface area contributed by atoms with Crippen molar-refractivity contribution in [1.82, 2.24) is 15.2 Å². The number of urea groups is 1. The summed E-state index contributed by atoms with van der Waals surface area (Å²) in [6.45, 7) is -1.72. The zero-order valence-electron chi connectivity index (χ0n) is 13.7.